The van der Waals surface area contributed by atoms with Crippen LogP contribution >= 0.6 is 0 Å². The van der Waals surface area contributed by atoms with Gasteiger partial charge in [0.1, 0.15) is 35.1 Å². The van der Waals surface area contributed by atoms with Crippen LogP contribution in [0.1, 0.15) is 127 Å². The van der Waals surface area contributed by atoms with Crippen LogP contribution < -0.4 is 4.72 Å². The number of halogens is 3. The molecular weight excluding hydrogens is 982 g/mol. The average molecular weight is 1070 g/mol. The summed E-state index contributed by atoms with van der Waals surface area (Å²) in [5.74, 6) is -3.36. The molecule has 0 aliphatic carbocycles. The highest BCUT2D eigenvalue weighted by atomic mass is 32.2. The van der Waals surface area contributed by atoms with Crippen LogP contribution in [0.15, 0.2) is 24.3 Å². The molecule has 0 aromatic heterocycles. The normalized spacial score (nSPS) is 41.7. The number of benzene rings is 1. The molecule has 0 amide bonds. The number of carbonyl (C=O) groups is 1. The van der Waals surface area contributed by atoms with Gasteiger partial charge in [-0.05, 0) is 130 Å². The zero-order chi connectivity index (χ0) is 54.8. The second kappa shape index (κ2) is 24.2. The summed E-state index contributed by atoms with van der Waals surface area (Å²) in [6.07, 6.45) is -12.7. The third kappa shape index (κ3) is 13.9. The van der Waals surface area contributed by atoms with Gasteiger partial charge in [0.2, 0.25) is 0 Å². The number of likely N-dealkylation sites (N-methyl/N-ethyl adjacent to an activating group) is 2. The predicted octanol–water partition coefficient (Wildman–Crippen LogP) is 4.89. The second-order valence-corrected chi connectivity index (χ2v) is 23.9. The fourth-order valence-electron chi connectivity index (χ4n) is 11.8. The van der Waals surface area contributed by atoms with Gasteiger partial charge in [-0.2, -0.15) is 25.9 Å². The Morgan fingerprint density at radius 2 is 1.53 bits per heavy atom. The number of carbonyl (C=O) groups excluding carboxylic acids is 1. The van der Waals surface area contributed by atoms with E-state index in [0.29, 0.717) is 13.1 Å². The third-order valence-electron chi connectivity index (χ3n) is 16.5. The highest BCUT2D eigenvalue weighted by Gasteiger charge is 2.59. The summed E-state index contributed by atoms with van der Waals surface area (Å²) in [6.45, 7) is 21.4. The van der Waals surface area contributed by atoms with E-state index in [2.05, 4.69) is 9.62 Å². The van der Waals surface area contributed by atoms with E-state index in [0.717, 1.165) is 60.9 Å². The molecule has 4 aliphatic heterocycles. The quantitative estimate of drug-likeness (QED) is 0.145. The first-order valence-corrected chi connectivity index (χ1v) is 27.5. The van der Waals surface area contributed by atoms with Crippen molar-refractivity contribution < 1.29 is 80.3 Å². The van der Waals surface area contributed by atoms with Gasteiger partial charge in [0.05, 0.1) is 47.5 Å². The topological polar surface area (TPSA) is 229 Å². The van der Waals surface area contributed by atoms with Crippen LogP contribution in [0, 0.1) is 17.8 Å². The lowest BCUT2D eigenvalue weighted by Crippen LogP contribution is -2.70. The van der Waals surface area contributed by atoms with Crippen LogP contribution in [-0.2, 0) is 49.6 Å². The number of aliphatic hydroxyl groups excluding tert-OH is 2. The summed E-state index contributed by atoms with van der Waals surface area (Å²) in [5, 5.41) is 61.4. The molecule has 4 saturated heterocycles. The standard InChI is InChI=1S/C51H87F3N4O14S/c1-14-39-49(11,63)43(60)34(7)58(15-2)28-30(3)26-47(9,62)44(72-46-41(59)38(25-31(4)68-46)56(12)73(65,66)55-37-21-19-36(20-22-37)51(52,53)54)32(5)42(33(6)45(61)70-39)71-40-27-48(10,67-13)50(64,35(8)69-40)29-57-23-17-16-18-24-57/h19-22,30-35,38-44,46,55,59-60,62-64H,14-18,23-29H2,1-13H3/t30?,31-,32?,33?,34?,35+,38+,39?,40+,41-,42?,43?,44?,46+,47?,48-,49?,50+/m1/s1. The van der Waals surface area contributed by atoms with E-state index < -0.39 is 130 Å². The third-order valence-corrected chi connectivity index (χ3v) is 18.0. The number of anilines is 1. The van der Waals surface area contributed by atoms with E-state index in [1.807, 2.05) is 18.7 Å². The number of ether oxygens (including phenoxy) is 6. The first-order valence-electron chi connectivity index (χ1n) is 26.1. The van der Waals surface area contributed by atoms with Crippen molar-refractivity contribution in [2.24, 2.45) is 17.8 Å². The van der Waals surface area contributed by atoms with Crippen molar-refractivity contribution in [2.45, 2.75) is 217 Å². The summed E-state index contributed by atoms with van der Waals surface area (Å²) >= 11 is 0. The molecule has 5 rings (SSSR count). The molecule has 18 atom stereocenters. The first kappa shape index (κ1) is 61.6. The Labute approximate surface area is 431 Å². The lowest BCUT2D eigenvalue weighted by atomic mass is 9.74. The molecule has 1 aromatic rings. The van der Waals surface area contributed by atoms with E-state index in [1.54, 1.807) is 55.4 Å². The molecule has 22 heteroatoms. The Kier molecular flexibility index (Phi) is 20.4. The van der Waals surface area contributed by atoms with Crippen LogP contribution in [0.5, 0.6) is 0 Å². The summed E-state index contributed by atoms with van der Waals surface area (Å²) in [4.78, 5) is 18.8. The summed E-state index contributed by atoms with van der Waals surface area (Å²) in [7, 11) is -1.81. The summed E-state index contributed by atoms with van der Waals surface area (Å²) in [6, 6.07) is 1.58. The number of hydrogen-bond donors (Lipinski definition) is 6. The molecule has 4 heterocycles. The monoisotopic (exact) mass is 1070 g/mol. The largest absolute Gasteiger partial charge is 0.459 e. The zero-order valence-corrected chi connectivity index (χ0v) is 46.0. The Morgan fingerprint density at radius 3 is 2.10 bits per heavy atom. The Bertz CT molecular complexity index is 2050. The van der Waals surface area contributed by atoms with Crippen molar-refractivity contribution in [3.63, 3.8) is 0 Å². The molecule has 10 unspecified atom stereocenters. The van der Waals surface area contributed by atoms with Crippen LogP contribution in [-0.4, -0.2) is 191 Å². The molecule has 0 bridgehead atoms. The van der Waals surface area contributed by atoms with Crippen LogP contribution in [0.2, 0.25) is 0 Å². The maximum atomic E-state index is 14.7. The number of cyclic esters (lactones) is 1. The van der Waals surface area contributed by atoms with E-state index in [4.69, 9.17) is 28.4 Å². The molecule has 1 aromatic carbocycles. The van der Waals surface area contributed by atoms with Gasteiger partial charge in [0.25, 0.3) is 0 Å². The number of esters is 1. The van der Waals surface area contributed by atoms with Crippen LogP contribution in [0.4, 0.5) is 18.9 Å². The molecule has 0 spiro atoms. The molecule has 0 radical (unpaired) electrons. The Balaban J connectivity index is 1.56. The number of nitrogens with one attached hydrogen (secondary N) is 1. The van der Waals surface area contributed by atoms with Gasteiger partial charge in [-0.15, -0.1) is 0 Å². The van der Waals surface area contributed by atoms with Gasteiger partial charge >= 0.3 is 22.4 Å². The number of likely N-dealkylation sites (tertiary alicyclic amines) is 1. The Hall–Kier alpha value is -2.29. The van der Waals surface area contributed by atoms with E-state index >= 15 is 0 Å². The van der Waals surface area contributed by atoms with Crippen LogP contribution in [0.25, 0.3) is 0 Å². The highest BCUT2D eigenvalue weighted by Crippen LogP contribution is 2.44. The molecule has 4 fully saturated rings. The average Bonchev–Trinajstić information content (AvgIpc) is 3.31. The first-order chi connectivity index (χ1) is 33.8. The van der Waals surface area contributed by atoms with Gasteiger partial charge in [-0.3, -0.25) is 14.4 Å². The van der Waals surface area contributed by atoms with Crippen molar-refractivity contribution in [3.8, 4) is 0 Å². The SMILES string of the molecule is CCC1OC(=O)C(C)C(O[C@H]2C[C@@](C)(OC)[C@](O)(CN3CCCCC3)[C@H](C)O2)C(C)C(O[C@@H]2O[C@H](C)C[C@H](N(C)S(=O)(=O)Nc3ccc(C(F)(F)F)cc3)[C@H]2O)C(C)(O)CC(C)CN(CC)C(C)C(O)C1(C)O. The van der Waals surface area contributed by atoms with Crippen molar-refractivity contribution in [2.75, 3.05) is 51.6 Å². The highest BCUT2D eigenvalue weighted by molar-refractivity contribution is 7.90. The van der Waals surface area contributed by atoms with Crippen molar-refractivity contribution in [3.05, 3.63) is 29.8 Å². The summed E-state index contributed by atoms with van der Waals surface area (Å²) < 4.78 is 110. The molecule has 4 aliphatic rings. The fraction of sp³-hybridized carbons (Fsp3) is 0.863. The van der Waals surface area contributed by atoms with Gasteiger partial charge in [-0.1, -0.05) is 34.1 Å². The molecule has 18 nitrogen and oxygen atoms in total. The molecule has 0 saturated carbocycles. The lowest BCUT2D eigenvalue weighted by molar-refractivity contribution is -0.339. The van der Waals surface area contributed by atoms with Crippen molar-refractivity contribution in [1.82, 2.24) is 14.1 Å². The minimum absolute atomic E-state index is 0.00366. The number of nitrogens with zero attached hydrogens (tertiary/aromatic N) is 3. The minimum atomic E-state index is -4.64. The maximum absolute atomic E-state index is 14.7. The zero-order valence-electron chi connectivity index (χ0n) is 45.2. The maximum Gasteiger partial charge on any atom is 0.416 e. The predicted molar refractivity (Wildman–Crippen MR) is 266 cm³/mol. The number of piperidine rings is 1. The number of β-amino-alcohol motifs (C(OH)–C–C–N with tert-alkyl or cyclic N) is 1. The van der Waals surface area contributed by atoms with Crippen molar-refractivity contribution in [1.29, 1.82) is 0 Å². The molecule has 422 valence electrons. The molecule has 73 heavy (non-hydrogen) atoms. The number of aliphatic hydroxyl groups is 5. The van der Waals surface area contributed by atoms with E-state index in [-0.39, 0.29) is 43.8 Å². The van der Waals surface area contributed by atoms with Gasteiger partial charge in [0.15, 0.2) is 12.6 Å². The number of rotatable bonds is 13. The van der Waals surface area contributed by atoms with Crippen molar-refractivity contribution >= 4 is 21.9 Å². The number of methoxy groups -OCH3 is 1. The van der Waals surface area contributed by atoms with Gasteiger partial charge in [-0.25, -0.2) is 0 Å². The number of hydrogen-bond acceptors (Lipinski definition) is 16. The smallest absolute Gasteiger partial charge is 0.416 e. The molecular formula is C51H87F3N4O14S. The second-order valence-electron chi connectivity index (χ2n) is 22.2. The van der Waals surface area contributed by atoms with E-state index in [9.17, 15) is 51.9 Å². The Morgan fingerprint density at radius 1 is 0.918 bits per heavy atom. The lowest BCUT2D eigenvalue weighted by Gasteiger charge is -2.55. The van der Waals surface area contributed by atoms with E-state index in [1.165, 1.54) is 21.1 Å². The number of alkyl halides is 3. The van der Waals surface area contributed by atoms with Gasteiger partial charge < -0.3 is 58.9 Å². The van der Waals surface area contributed by atoms with Gasteiger partial charge in [0, 0.05) is 51.3 Å². The van der Waals surface area contributed by atoms with Crippen LogP contribution in [0.3, 0.4) is 0 Å². The minimum Gasteiger partial charge on any atom is -0.459 e. The summed E-state index contributed by atoms with van der Waals surface area (Å²) in [5.41, 5.74) is -7.61. The fourth-order valence-corrected chi connectivity index (χ4v) is 13.0. The molecule has 6 N–H and O–H groups in total.